The van der Waals surface area contributed by atoms with Crippen LogP contribution in [0.15, 0.2) is 24.3 Å². The monoisotopic (exact) mass is 319 g/mol. The highest BCUT2D eigenvalue weighted by atomic mass is 32.2. The predicted molar refractivity (Wildman–Crippen MR) is 75.3 cm³/mol. The van der Waals surface area contributed by atoms with Crippen molar-refractivity contribution in [2.75, 3.05) is 18.1 Å². The zero-order valence-electron chi connectivity index (χ0n) is 11.2. The minimum Gasteiger partial charge on any atom is -0.388 e. The van der Waals surface area contributed by atoms with Gasteiger partial charge in [-0.1, -0.05) is 12.1 Å². The van der Waals surface area contributed by atoms with Crippen molar-refractivity contribution in [3.63, 3.8) is 0 Å². The first kappa shape index (κ1) is 16.2. The minimum atomic E-state index is -4.58. The van der Waals surface area contributed by atoms with Crippen LogP contribution in [-0.2, 0) is 6.18 Å². The van der Waals surface area contributed by atoms with Gasteiger partial charge in [-0.2, -0.15) is 24.9 Å². The lowest BCUT2D eigenvalue weighted by molar-refractivity contribution is -0.137. The Kier molecular flexibility index (Phi) is 4.83. The van der Waals surface area contributed by atoms with Gasteiger partial charge in [-0.25, -0.2) is 0 Å². The maximum atomic E-state index is 12.8. The van der Waals surface area contributed by atoms with E-state index in [0.717, 1.165) is 23.6 Å². The first-order valence-corrected chi connectivity index (χ1v) is 7.72. The van der Waals surface area contributed by atoms with E-state index in [1.54, 1.807) is 11.8 Å². The van der Waals surface area contributed by atoms with Crippen LogP contribution in [-0.4, -0.2) is 34.7 Å². The Hall–Kier alpha value is -1.21. The lowest BCUT2D eigenvalue weighted by Gasteiger charge is -2.31. The van der Waals surface area contributed by atoms with E-state index in [1.165, 1.54) is 12.1 Å². The van der Waals surface area contributed by atoms with Gasteiger partial charge < -0.3 is 10.4 Å². The van der Waals surface area contributed by atoms with Gasteiger partial charge in [0.1, 0.15) is 0 Å². The molecular formula is C14H16F3NO2S. The molecule has 1 heterocycles. The Morgan fingerprint density at radius 1 is 1.29 bits per heavy atom. The number of nitrogens with one attached hydrogen (secondary N) is 1. The molecule has 1 aromatic rings. The van der Waals surface area contributed by atoms with Crippen LogP contribution in [0, 0.1) is 0 Å². The number of carbonyl (C=O) groups excluding carboxylic acids is 1. The average Bonchev–Trinajstić information content (AvgIpc) is 2.45. The number of hydrogen-bond acceptors (Lipinski definition) is 3. The van der Waals surface area contributed by atoms with Gasteiger partial charge in [0.15, 0.2) is 0 Å². The maximum Gasteiger partial charge on any atom is 0.417 e. The molecule has 2 N–H and O–H groups in total. The van der Waals surface area contributed by atoms with Crippen molar-refractivity contribution in [1.82, 2.24) is 5.32 Å². The molecule has 1 aliphatic rings. The van der Waals surface area contributed by atoms with Crippen LogP contribution >= 0.6 is 11.8 Å². The molecular weight excluding hydrogens is 303 g/mol. The third-order valence-corrected chi connectivity index (χ3v) is 4.46. The third kappa shape index (κ3) is 4.14. The number of alkyl halides is 3. The first-order valence-electron chi connectivity index (χ1n) is 6.56. The van der Waals surface area contributed by atoms with E-state index in [9.17, 15) is 23.1 Å². The number of halogens is 3. The number of rotatable bonds is 3. The van der Waals surface area contributed by atoms with Crippen molar-refractivity contribution >= 4 is 17.7 Å². The van der Waals surface area contributed by atoms with Gasteiger partial charge in [-0.15, -0.1) is 0 Å². The van der Waals surface area contributed by atoms with Crippen molar-refractivity contribution < 1.29 is 23.1 Å². The van der Waals surface area contributed by atoms with Crippen LogP contribution in [0.3, 0.4) is 0 Å². The van der Waals surface area contributed by atoms with Gasteiger partial charge in [0.25, 0.3) is 5.91 Å². The summed E-state index contributed by atoms with van der Waals surface area (Å²) in [5.74, 6) is 0.756. The molecule has 1 aliphatic heterocycles. The predicted octanol–water partition coefficient (Wildman–Crippen LogP) is 2.69. The zero-order valence-corrected chi connectivity index (χ0v) is 12.1. The molecule has 0 unspecified atom stereocenters. The van der Waals surface area contributed by atoms with E-state index in [2.05, 4.69) is 5.32 Å². The lowest BCUT2D eigenvalue weighted by Crippen LogP contribution is -2.45. The summed E-state index contributed by atoms with van der Waals surface area (Å²) in [7, 11) is 0. The Morgan fingerprint density at radius 3 is 2.52 bits per heavy atom. The number of carbonyl (C=O) groups is 1. The standard InChI is InChI=1S/C14H16F3NO2S/c15-14(16,17)11-4-2-1-3-10(11)12(19)18-9-13(20)5-7-21-8-6-13/h1-4,20H,5-9H2,(H,18,19). The third-order valence-electron chi connectivity index (χ3n) is 3.48. The van der Waals surface area contributed by atoms with Crippen LogP contribution in [0.4, 0.5) is 13.2 Å². The summed E-state index contributed by atoms with van der Waals surface area (Å²) >= 11 is 1.71. The van der Waals surface area contributed by atoms with Gasteiger partial charge in [0, 0.05) is 6.54 Å². The molecule has 116 valence electrons. The fraction of sp³-hybridized carbons (Fsp3) is 0.500. The second kappa shape index (κ2) is 6.27. The van der Waals surface area contributed by atoms with E-state index in [1.807, 2.05) is 0 Å². The number of amides is 1. The molecule has 1 aromatic carbocycles. The molecule has 0 bridgehead atoms. The fourth-order valence-electron chi connectivity index (χ4n) is 2.20. The van der Waals surface area contributed by atoms with Gasteiger partial charge in [-0.05, 0) is 36.5 Å². The molecule has 1 fully saturated rings. The topological polar surface area (TPSA) is 49.3 Å². The van der Waals surface area contributed by atoms with Crippen molar-refractivity contribution in [3.05, 3.63) is 35.4 Å². The second-order valence-corrected chi connectivity index (χ2v) is 6.29. The van der Waals surface area contributed by atoms with Crippen molar-refractivity contribution in [3.8, 4) is 0 Å². The van der Waals surface area contributed by atoms with Crippen molar-refractivity contribution in [2.24, 2.45) is 0 Å². The van der Waals surface area contributed by atoms with Crippen LogP contribution in [0.2, 0.25) is 0 Å². The number of aliphatic hydroxyl groups is 1. The summed E-state index contributed by atoms with van der Waals surface area (Å²) in [6, 6.07) is 4.64. The minimum absolute atomic E-state index is 0.0292. The van der Waals surface area contributed by atoms with E-state index in [4.69, 9.17) is 0 Å². The molecule has 3 nitrogen and oxygen atoms in total. The van der Waals surface area contributed by atoms with Crippen LogP contribution in [0.1, 0.15) is 28.8 Å². The quantitative estimate of drug-likeness (QED) is 0.900. The van der Waals surface area contributed by atoms with Crippen LogP contribution in [0.25, 0.3) is 0 Å². The van der Waals surface area contributed by atoms with Crippen LogP contribution in [0.5, 0.6) is 0 Å². The molecule has 1 amide bonds. The summed E-state index contributed by atoms with van der Waals surface area (Å²) in [5.41, 5.74) is -2.40. The summed E-state index contributed by atoms with van der Waals surface area (Å²) in [6.45, 7) is -0.0292. The van der Waals surface area contributed by atoms with Crippen molar-refractivity contribution in [2.45, 2.75) is 24.6 Å². The summed E-state index contributed by atoms with van der Waals surface area (Å²) in [6.07, 6.45) is -3.52. The van der Waals surface area contributed by atoms with Gasteiger partial charge in [-0.3, -0.25) is 4.79 Å². The smallest absolute Gasteiger partial charge is 0.388 e. The number of thioether (sulfide) groups is 1. The van der Waals surface area contributed by atoms with E-state index in [-0.39, 0.29) is 6.54 Å². The molecule has 0 spiro atoms. The molecule has 1 saturated heterocycles. The van der Waals surface area contributed by atoms with Gasteiger partial charge in [0.2, 0.25) is 0 Å². The highest BCUT2D eigenvalue weighted by Crippen LogP contribution is 2.32. The van der Waals surface area contributed by atoms with E-state index in [0.29, 0.717) is 12.8 Å². The number of hydrogen-bond donors (Lipinski definition) is 2. The Labute approximate surface area is 124 Å². The summed E-state index contributed by atoms with van der Waals surface area (Å²) < 4.78 is 38.5. The molecule has 0 radical (unpaired) electrons. The molecule has 0 aliphatic carbocycles. The summed E-state index contributed by atoms with van der Waals surface area (Å²) in [4.78, 5) is 12.0. The lowest BCUT2D eigenvalue weighted by atomic mass is 9.96. The molecule has 0 aromatic heterocycles. The van der Waals surface area contributed by atoms with Crippen LogP contribution < -0.4 is 5.32 Å². The Bertz CT molecular complexity index is 513. The molecule has 0 atom stereocenters. The second-order valence-electron chi connectivity index (χ2n) is 5.06. The normalized spacial score (nSPS) is 18.3. The molecule has 2 rings (SSSR count). The Morgan fingerprint density at radius 2 is 1.90 bits per heavy atom. The highest BCUT2D eigenvalue weighted by molar-refractivity contribution is 7.99. The van der Waals surface area contributed by atoms with Gasteiger partial charge in [0.05, 0.1) is 16.7 Å². The van der Waals surface area contributed by atoms with Crippen molar-refractivity contribution in [1.29, 1.82) is 0 Å². The molecule has 0 saturated carbocycles. The molecule has 7 heteroatoms. The first-order chi connectivity index (χ1) is 9.82. The molecule has 21 heavy (non-hydrogen) atoms. The highest BCUT2D eigenvalue weighted by Gasteiger charge is 2.35. The average molecular weight is 319 g/mol. The Balaban J connectivity index is 2.07. The maximum absolute atomic E-state index is 12.8. The van der Waals surface area contributed by atoms with E-state index < -0.39 is 28.8 Å². The number of benzene rings is 1. The van der Waals surface area contributed by atoms with Gasteiger partial charge >= 0.3 is 6.18 Å². The zero-order chi connectivity index (χ0) is 15.5. The summed E-state index contributed by atoms with van der Waals surface area (Å²) in [5, 5.41) is 12.7. The largest absolute Gasteiger partial charge is 0.417 e. The fourth-order valence-corrected chi connectivity index (χ4v) is 3.45. The van der Waals surface area contributed by atoms with E-state index >= 15 is 0 Å². The SMILES string of the molecule is O=C(NCC1(O)CCSCC1)c1ccccc1C(F)(F)F.